The van der Waals surface area contributed by atoms with Crippen molar-refractivity contribution in [3.05, 3.63) is 16.8 Å². The summed E-state index contributed by atoms with van der Waals surface area (Å²) in [6.45, 7) is 5.96. The summed E-state index contributed by atoms with van der Waals surface area (Å²) >= 11 is 1.65. The molecule has 1 N–H and O–H groups in total. The quantitative estimate of drug-likeness (QED) is 0.935. The Morgan fingerprint density at radius 3 is 2.68 bits per heavy atom. The van der Waals surface area contributed by atoms with Crippen LogP contribution in [0.5, 0.6) is 0 Å². The van der Waals surface area contributed by atoms with Crippen molar-refractivity contribution in [2.24, 2.45) is 0 Å². The van der Waals surface area contributed by atoms with Crippen LogP contribution in [0.15, 0.2) is 6.33 Å². The van der Waals surface area contributed by atoms with Crippen LogP contribution >= 0.6 is 11.3 Å². The van der Waals surface area contributed by atoms with E-state index >= 15 is 0 Å². The zero-order valence-electron chi connectivity index (χ0n) is 11.8. The lowest BCUT2D eigenvalue weighted by Gasteiger charge is -2.18. The van der Waals surface area contributed by atoms with Gasteiger partial charge in [0.05, 0.1) is 5.39 Å². The maximum absolute atomic E-state index is 11.9. The van der Waals surface area contributed by atoms with Crippen LogP contribution in [0.1, 0.15) is 17.4 Å². The summed E-state index contributed by atoms with van der Waals surface area (Å²) in [6, 6.07) is -0.312. The Balaban J connectivity index is 2.38. The second-order valence-electron chi connectivity index (χ2n) is 4.78. The van der Waals surface area contributed by atoms with Crippen LogP contribution in [0.4, 0.5) is 5.82 Å². The smallest absolute Gasteiger partial charge is 0.244 e. The van der Waals surface area contributed by atoms with E-state index in [4.69, 9.17) is 0 Å². The molecule has 0 saturated heterocycles. The molecule has 1 unspecified atom stereocenters. The normalized spacial score (nSPS) is 12.5. The maximum Gasteiger partial charge on any atom is 0.244 e. The van der Waals surface area contributed by atoms with Gasteiger partial charge in [0.2, 0.25) is 5.91 Å². The average molecular weight is 278 g/mol. The molecule has 1 atom stereocenters. The second-order valence-corrected chi connectivity index (χ2v) is 5.99. The van der Waals surface area contributed by atoms with Gasteiger partial charge >= 0.3 is 0 Å². The average Bonchev–Trinajstić information content (AvgIpc) is 2.65. The SMILES string of the molecule is Cc1sc2ncnc(NC(C)C(=O)N(C)C)c2c1C. The number of anilines is 1. The third kappa shape index (κ3) is 2.53. The van der Waals surface area contributed by atoms with Gasteiger partial charge < -0.3 is 10.2 Å². The number of amides is 1. The monoisotopic (exact) mass is 278 g/mol. The van der Waals surface area contributed by atoms with Crippen LogP contribution < -0.4 is 5.32 Å². The first-order chi connectivity index (χ1) is 8.91. The summed E-state index contributed by atoms with van der Waals surface area (Å²) in [6.07, 6.45) is 1.53. The molecule has 6 heteroatoms. The molecule has 2 aromatic rings. The highest BCUT2D eigenvalue weighted by atomic mass is 32.1. The predicted octanol–water partition coefficient (Wildman–Crippen LogP) is 2.20. The molecule has 2 rings (SSSR count). The number of carbonyl (C=O) groups excluding carboxylic acids is 1. The lowest BCUT2D eigenvalue weighted by Crippen LogP contribution is -2.36. The first-order valence-electron chi connectivity index (χ1n) is 6.10. The number of hydrogen-bond donors (Lipinski definition) is 1. The van der Waals surface area contributed by atoms with E-state index in [1.165, 1.54) is 16.8 Å². The van der Waals surface area contributed by atoms with Crippen LogP contribution in [0.3, 0.4) is 0 Å². The van der Waals surface area contributed by atoms with Crippen LogP contribution in [0.25, 0.3) is 10.2 Å². The molecule has 0 aliphatic heterocycles. The second kappa shape index (κ2) is 5.13. The van der Waals surface area contributed by atoms with Crippen molar-refractivity contribution in [3.8, 4) is 0 Å². The lowest BCUT2D eigenvalue weighted by molar-refractivity contribution is -0.129. The molecule has 0 spiro atoms. The van der Waals surface area contributed by atoms with Crippen molar-refractivity contribution in [1.82, 2.24) is 14.9 Å². The number of carbonyl (C=O) groups is 1. The molecule has 102 valence electrons. The Labute approximate surface area is 116 Å². The molecule has 0 aromatic carbocycles. The standard InChI is InChI=1S/C13H18N4OS/c1-7-9(3)19-12-10(7)11(14-6-15-12)16-8(2)13(18)17(4)5/h6,8H,1-5H3,(H,14,15,16). The van der Waals surface area contributed by atoms with E-state index in [-0.39, 0.29) is 11.9 Å². The summed E-state index contributed by atoms with van der Waals surface area (Å²) in [5, 5.41) is 4.20. The maximum atomic E-state index is 11.9. The number of hydrogen-bond acceptors (Lipinski definition) is 5. The van der Waals surface area contributed by atoms with Crippen LogP contribution in [0.2, 0.25) is 0 Å². The number of fused-ring (bicyclic) bond motifs is 1. The van der Waals surface area contributed by atoms with Gasteiger partial charge in [-0.05, 0) is 26.3 Å². The minimum absolute atomic E-state index is 0.0244. The molecule has 0 aliphatic carbocycles. The molecule has 2 heterocycles. The molecule has 0 fully saturated rings. The third-order valence-electron chi connectivity index (χ3n) is 3.13. The Morgan fingerprint density at radius 1 is 1.37 bits per heavy atom. The molecule has 0 aliphatic rings. The number of nitrogens with one attached hydrogen (secondary N) is 1. The van der Waals surface area contributed by atoms with E-state index in [1.807, 2.05) is 6.92 Å². The van der Waals surface area contributed by atoms with E-state index in [2.05, 4.69) is 29.1 Å². The van der Waals surface area contributed by atoms with E-state index in [0.29, 0.717) is 0 Å². The van der Waals surface area contributed by atoms with Crippen LogP contribution in [-0.2, 0) is 4.79 Å². The van der Waals surface area contributed by atoms with Crippen molar-refractivity contribution < 1.29 is 4.79 Å². The number of aryl methyl sites for hydroxylation is 2. The Hall–Kier alpha value is -1.69. The van der Waals surface area contributed by atoms with Gasteiger partial charge in [0.1, 0.15) is 23.0 Å². The number of likely N-dealkylation sites (N-methyl/N-ethyl adjacent to an activating group) is 1. The highest BCUT2D eigenvalue weighted by Gasteiger charge is 2.18. The van der Waals surface area contributed by atoms with Crippen molar-refractivity contribution in [1.29, 1.82) is 0 Å². The van der Waals surface area contributed by atoms with Crippen LogP contribution in [0, 0.1) is 13.8 Å². The highest BCUT2D eigenvalue weighted by Crippen LogP contribution is 2.32. The fraction of sp³-hybridized carbons (Fsp3) is 0.462. The molecule has 0 bridgehead atoms. The highest BCUT2D eigenvalue weighted by molar-refractivity contribution is 7.18. The summed E-state index contributed by atoms with van der Waals surface area (Å²) in [5.41, 5.74) is 1.17. The minimum atomic E-state index is -0.312. The Bertz CT molecular complexity index is 620. The molecule has 1 amide bonds. The van der Waals surface area contributed by atoms with Crippen molar-refractivity contribution in [2.45, 2.75) is 26.8 Å². The fourth-order valence-electron chi connectivity index (χ4n) is 1.95. The summed E-state index contributed by atoms with van der Waals surface area (Å²) < 4.78 is 0. The zero-order chi connectivity index (χ0) is 14.2. The number of thiophene rings is 1. The van der Waals surface area contributed by atoms with E-state index < -0.39 is 0 Å². The van der Waals surface area contributed by atoms with Gasteiger partial charge in [-0.2, -0.15) is 0 Å². The summed E-state index contributed by atoms with van der Waals surface area (Å²) in [7, 11) is 3.49. The van der Waals surface area contributed by atoms with Gasteiger partial charge in [-0.15, -0.1) is 11.3 Å². The van der Waals surface area contributed by atoms with Gasteiger partial charge in [0.15, 0.2) is 0 Å². The number of rotatable bonds is 3. The summed E-state index contributed by atoms with van der Waals surface area (Å²) in [5.74, 6) is 0.755. The number of nitrogens with zero attached hydrogens (tertiary/aromatic N) is 3. The van der Waals surface area contributed by atoms with Gasteiger partial charge in [-0.25, -0.2) is 9.97 Å². The van der Waals surface area contributed by atoms with E-state index in [1.54, 1.807) is 30.3 Å². The topological polar surface area (TPSA) is 58.1 Å². The lowest BCUT2D eigenvalue weighted by atomic mass is 10.2. The van der Waals surface area contributed by atoms with Crippen molar-refractivity contribution in [2.75, 3.05) is 19.4 Å². The molecule has 0 radical (unpaired) electrons. The molecule has 2 aromatic heterocycles. The van der Waals surface area contributed by atoms with Gasteiger partial charge in [0.25, 0.3) is 0 Å². The molecule has 5 nitrogen and oxygen atoms in total. The van der Waals surface area contributed by atoms with Gasteiger partial charge in [0, 0.05) is 19.0 Å². The van der Waals surface area contributed by atoms with Crippen molar-refractivity contribution in [3.63, 3.8) is 0 Å². The first kappa shape index (κ1) is 13.7. The predicted molar refractivity (Wildman–Crippen MR) is 78.7 cm³/mol. The van der Waals surface area contributed by atoms with Gasteiger partial charge in [-0.1, -0.05) is 0 Å². The molecule has 19 heavy (non-hydrogen) atoms. The Kier molecular flexibility index (Phi) is 3.71. The van der Waals surface area contributed by atoms with Crippen molar-refractivity contribution >= 4 is 33.3 Å². The van der Waals surface area contributed by atoms with E-state index in [9.17, 15) is 4.79 Å². The fourth-order valence-corrected chi connectivity index (χ4v) is 2.94. The Morgan fingerprint density at radius 2 is 2.05 bits per heavy atom. The minimum Gasteiger partial charge on any atom is -0.358 e. The largest absolute Gasteiger partial charge is 0.358 e. The zero-order valence-corrected chi connectivity index (χ0v) is 12.6. The first-order valence-corrected chi connectivity index (χ1v) is 6.92. The van der Waals surface area contributed by atoms with E-state index in [0.717, 1.165) is 16.0 Å². The number of aromatic nitrogens is 2. The third-order valence-corrected chi connectivity index (χ3v) is 4.25. The molecule has 0 saturated carbocycles. The van der Waals surface area contributed by atoms with Gasteiger partial charge in [-0.3, -0.25) is 4.79 Å². The summed E-state index contributed by atoms with van der Waals surface area (Å²) in [4.78, 5) is 24.2. The molecular weight excluding hydrogens is 260 g/mol. The molecular formula is C13H18N4OS. The van der Waals surface area contributed by atoms with Crippen LogP contribution in [-0.4, -0.2) is 40.9 Å².